The van der Waals surface area contributed by atoms with E-state index in [0.717, 1.165) is 18.2 Å². The number of benzene rings is 1. The van der Waals surface area contributed by atoms with Gasteiger partial charge in [0.15, 0.2) is 0 Å². The zero-order valence-corrected chi connectivity index (χ0v) is 10.2. The molecule has 6 nitrogen and oxygen atoms in total. The summed E-state index contributed by atoms with van der Waals surface area (Å²) >= 11 is 0. The molecule has 102 valence electrons. The van der Waals surface area contributed by atoms with Crippen LogP contribution >= 0.6 is 0 Å². The highest BCUT2D eigenvalue weighted by Gasteiger charge is 2.22. The smallest absolute Gasteiger partial charge is 0.270 e. The number of non-ortho nitro benzene ring substituents is 1. The van der Waals surface area contributed by atoms with Crippen LogP contribution in [-0.2, 0) is 4.74 Å². The average Bonchev–Trinajstić information content (AvgIpc) is 2.67. The van der Waals surface area contributed by atoms with Gasteiger partial charge in [-0.05, 0) is 12.5 Å². The Morgan fingerprint density at radius 2 is 2.16 bits per heavy atom. The van der Waals surface area contributed by atoms with Crippen molar-refractivity contribution < 1.29 is 18.8 Å². The molecule has 1 heterocycles. The van der Waals surface area contributed by atoms with Gasteiger partial charge in [0.25, 0.3) is 11.6 Å². The van der Waals surface area contributed by atoms with Gasteiger partial charge < -0.3 is 9.64 Å². The van der Waals surface area contributed by atoms with Crippen LogP contribution in [0.1, 0.15) is 16.8 Å². The van der Waals surface area contributed by atoms with E-state index in [4.69, 9.17) is 4.74 Å². The van der Waals surface area contributed by atoms with Gasteiger partial charge in [0.2, 0.25) is 0 Å². The summed E-state index contributed by atoms with van der Waals surface area (Å²) in [4.78, 5) is 23.6. The molecule has 0 radical (unpaired) electrons. The maximum Gasteiger partial charge on any atom is 0.270 e. The second-order valence-electron chi connectivity index (χ2n) is 4.18. The molecular weight excluding hydrogens is 255 g/mol. The minimum Gasteiger partial charge on any atom is -0.380 e. The third-order valence-corrected chi connectivity index (χ3v) is 2.90. The van der Waals surface area contributed by atoms with Gasteiger partial charge in [-0.25, -0.2) is 4.39 Å². The number of carbonyl (C=O) groups is 1. The number of hydrogen-bond acceptors (Lipinski definition) is 4. The fourth-order valence-corrected chi connectivity index (χ4v) is 1.91. The Kier molecular flexibility index (Phi) is 4.06. The zero-order chi connectivity index (χ0) is 13.8. The van der Waals surface area contributed by atoms with Gasteiger partial charge in [0.1, 0.15) is 5.82 Å². The van der Waals surface area contributed by atoms with Crippen molar-refractivity contribution in [3.63, 3.8) is 0 Å². The van der Waals surface area contributed by atoms with E-state index in [1.165, 1.54) is 4.90 Å². The van der Waals surface area contributed by atoms with Crippen LogP contribution in [0.5, 0.6) is 0 Å². The monoisotopic (exact) mass is 268 g/mol. The first kappa shape index (κ1) is 13.4. The van der Waals surface area contributed by atoms with E-state index >= 15 is 0 Å². The van der Waals surface area contributed by atoms with Crippen molar-refractivity contribution in [3.05, 3.63) is 39.7 Å². The highest BCUT2D eigenvalue weighted by atomic mass is 19.1. The lowest BCUT2D eigenvalue weighted by Gasteiger charge is -2.19. The second kappa shape index (κ2) is 5.75. The van der Waals surface area contributed by atoms with Crippen molar-refractivity contribution in [2.75, 3.05) is 26.3 Å². The number of rotatable bonds is 2. The molecule has 1 aromatic carbocycles. The minimum absolute atomic E-state index is 0.267. The predicted molar refractivity (Wildman–Crippen MR) is 64.4 cm³/mol. The lowest BCUT2D eigenvalue weighted by Crippen LogP contribution is -2.33. The van der Waals surface area contributed by atoms with Gasteiger partial charge in [0.05, 0.1) is 17.1 Å². The van der Waals surface area contributed by atoms with Crippen molar-refractivity contribution in [1.82, 2.24) is 4.90 Å². The predicted octanol–water partition coefficient (Wildman–Crippen LogP) is 1.60. The maximum atomic E-state index is 13.6. The Labute approximate surface area is 108 Å². The van der Waals surface area contributed by atoms with E-state index in [2.05, 4.69) is 0 Å². The Morgan fingerprint density at radius 1 is 1.37 bits per heavy atom. The molecule has 1 aliphatic rings. The largest absolute Gasteiger partial charge is 0.380 e. The molecule has 0 aliphatic carbocycles. The first-order valence-electron chi connectivity index (χ1n) is 5.90. The fraction of sp³-hybridized carbons (Fsp3) is 0.417. The highest BCUT2D eigenvalue weighted by molar-refractivity contribution is 5.95. The van der Waals surface area contributed by atoms with Crippen molar-refractivity contribution >= 4 is 11.6 Å². The van der Waals surface area contributed by atoms with E-state index in [0.29, 0.717) is 32.7 Å². The molecule has 0 N–H and O–H groups in total. The van der Waals surface area contributed by atoms with Crippen molar-refractivity contribution in [1.29, 1.82) is 0 Å². The van der Waals surface area contributed by atoms with Crippen molar-refractivity contribution in [3.8, 4) is 0 Å². The molecule has 0 unspecified atom stereocenters. The van der Waals surface area contributed by atoms with Gasteiger partial charge >= 0.3 is 0 Å². The first-order valence-corrected chi connectivity index (χ1v) is 5.90. The summed E-state index contributed by atoms with van der Waals surface area (Å²) in [6, 6.07) is 2.96. The van der Waals surface area contributed by atoms with Gasteiger partial charge in [-0.1, -0.05) is 0 Å². The lowest BCUT2D eigenvalue weighted by atomic mass is 10.1. The standard InChI is InChI=1S/C12H13FN2O4/c13-11-3-2-9(15(17)18)8-10(11)12(16)14-4-1-6-19-7-5-14/h2-3,8H,1,4-7H2. The van der Waals surface area contributed by atoms with Crippen LogP contribution in [-0.4, -0.2) is 42.0 Å². The van der Waals surface area contributed by atoms with Crippen LogP contribution in [0.25, 0.3) is 0 Å². The van der Waals surface area contributed by atoms with Crippen LogP contribution < -0.4 is 0 Å². The summed E-state index contributed by atoms with van der Waals surface area (Å²) < 4.78 is 18.8. The number of hydrogen-bond donors (Lipinski definition) is 0. The third-order valence-electron chi connectivity index (χ3n) is 2.90. The zero-order valence-electron chi connectivity index (χ0n) is 10.2. The number of ether oxygens (including phenoxy) is 1. The van der Waals surface area contributed by atoms with Gasteiger partial charge in [0, 0.05) is 31.8 Å². The average molecular weight is 268 g/mol. The number of nitrogens with zero attached hydrogens (tertiary/aromatic N) is 2. The number of nitro benzene ring substituents is 1. The van der Waals surface area contributed by atoms with Crippen molar-refractivity contribution in [2.45, 2.75) is 6.42 Å². The molecular formula is C12H13FN2O4. The molecule has 0 spiro atoms. The van der Waals surface area contributed by atoms with E-state index in [1.54, 1.807) is 0 Å². The van der Waals surface area contributed by atoms with Gasteiger partial charge in [-0.3, -0.25) is 14.9 Å². The summed E-state index contributed by atoms with van der Waals surface area (Å²) in [7, 11) is 0. The quantitative estimate of drug-likeness (QED) is 0.603. The van der Waals surface area contributed by atoms with Crippen LogP contribution in [0.15, 0.2) is 18.2 Å². The van der Waals surface area contributed by atoms with Crippen LogP contribution in [0.4, 0.5) is 10.1 Å². The fourth-order valence-electron chi connectivity index (χ4n) is 1.91. The highest BCUT2D eigenvalue weighted by Crippen LogP contribution is 2.19. The molecule has 1 fully saturated rings. The number of carbonyl (C=O) groups excluding carboxylic acids is 1. The Balaban J connectivity index is 2.26. The summed E-state index contributed by atoms with van der Waals surface area (Å²) in [5, 5.41) is 10.7. The van der Waals surface area contributed by atoms with E-state index < -0.39 is 16.6 Å². The second-order valence-corrected chi connectivity index (χ2v) is 4.18. The molecule has 0 aromatic heterocycles. The molecule has 1 saturated heterocycles. The molecule has 0 saturated carbocycles. The molecule has 1 aliphatic heterocycles. The summed E-state index contributed by atoms with van der Waals surface area (Å²) in [5.41, 5.74) is -0.563. The van der Waals surface area contributed by atoms with E-state index in [1.807, 2.05) is 0 Å². The maximum absolute atomic E-state index is 13.6. The lowest BCUT2D eigenvalue weighted by molar-refractivity contribution is -0.384. The molecule has 1 amide bonds. The molecule has 1 aromatic rings. The molecule has 0 bridgehead atoms. The van der Waals surface area contributed by atoms with Gasteiger partial charge in [-0.15, -0.1) is 0 Å². The van der Waals surface area contributed by atoms with E-state index in [-0.39, 0.29) is 11.3 Å². The minimum atomic E-state index is -0.749. The Morgan fingerprint density at radius 3 is 2.89 bits per heavy atom. The molecule has 7 heteroatoms. The first-order chi connectivity index (χ1) is 9.09. The number of nitro groups is 1. The molecule has 19 heavy (non-hydrogen) atoms. The van der Waals surface area contributed by atoms with Crippen molar-refractivity contribution in [2.24, 2.45) is 0 Å². The Bertz CT molecular complexity index is 499. The Hall–Kier alpha value is -2.02. The van der Waals surface area contributed by atoms with Crippen LogP contribution in [0, 0.1) is 15.9 Å². The van der Waals surface area contributed by atoms with Crippen LogP contribution in [0.3, 0.4) is 0 Å². The number of halogens is 1. The summed E-state index contributed by atoms with van der Waals surface area (Å²) in [6.45, 7) is 1.77. The van der Waals surface area contributed by atoms with E-state index in [9.17, 15) is 19.3 Å². The number of amides is 1. The SMILES string of the molecule is O=C(c1cc([N+](=O)[O-])ccc1F)N1CCCOCC1. The molecule has 0 atom stereocenters. The van der Waals surface area contributed by atoms with Gasteiger partial charge in [-0.2, -0.15) is 0 Å². The summed E-state index contributed by atoms with van der Waals surface area (Å²) in [5.74, 6) is -1.28. The molecule has 2 rings (SSSR count). The summed E-state index contributed by atoms with van der Waals surface area (Å²) in [6.07, 6.45) is 0.669. The third kappa shape index (κ3) is 3.05. The normalized spacial score (nSPS) is 15.9. The van der Waals surface area contributed by atoms with Crippen LogP contribution in [0.2, 0.25) is 0 Å². The topological polar surface area (TPSA) is 72.7 Å².